The number of amides is 1. The number of unbranched alkanes of at least 4 members (excludes halogenated alkanes) is 3. The minimum atomic E-state index is -0.364. The first-order valence-corrected chi connectivity index (χ1v) is 11.7. The smallest absolute Gasteiger partial charge is 0.306 e. The number of nitrogens with zero attached hydrogens (tertiary/aromatic N) is 1. The standard InChI is InChI=1S/C25H39NO4/c1-20(2)30-25(29)15-8-3-4-9-18-26-22(13-10-14-24(26)28)16-17-23(27)19-21-11-6-5-7-12-21/h5-7,11-12,20,22-23,27H,3-4,8-10,13-19H2,1-2H3/t22-,23-/m1/s1. The van der Waals surface area contributed by atoms with E-state index in [-0.39, 0.29) is 30.1 Å². The SMILES string of the molecule is CC(C)OC(=O)CCCCCCN1C(=O)CCC[C@@H]1CC[C@@H](O)Cc1ccccc1. The van der Waals surface area contributed by atoms with Crippen molar-refractivity contribution < 1.29 is 19.4 Å². The second kappa shape index (κ2) is 13.4. The van der Waals surface area contributed by atoms with E-state index in [0.717, 1.165) is 63.5 Å². The predicted molar refractivity (Wildman–Crippen MR) is 119 cm³/mol. The maximum absolute atomic E-state index is 12.5. The highest BCUT2D eigenvalue weighted by Crippen LogP contribution is 2.24. The van der Waals surface area contributed by atoms with Crippen LogP contribution in [0.25, 0.3) is 0 Å². The Morgan fingerprint density at radius 2 is 1.90 bits per heavy atom. The zero-order valence-electron chi connectivity index (χ0n) is 18.7. The zero-order chi connectivity index (χ0) is 21.8. The third-order valence-electron chi connectivity index (χ3n) is 5.73. The van der Waals surface area contributed by atoms with Gasteiger partial charge >= 0.3 is 5.97 Å². The molecule has 1 aliphatic heterocycles. The largest absolute Gasteiger partial charge is 0.463 e. The lowest BCUT2D eigenvalue weighted by Crippen LogP contribution is -2.44. The van der Waals surface area contributed by atoms with Crippen molar-refractivity contribution in [2.45, 2.75) is 103 Å². The summed E-state index contributed by atoms with van der Waals surface area (Å²) in [6.45, 7) is 4.52. The van der Waals surface area contributed by atoms with E-state index in [9.17, 15) is 14.7 Å². The van der Waals surface area contributed by atoms with E-state index < -0.39 is 0 Å². The summed E-state index contributed by atoms with van der Waals surface area (Å²) in [4.78, 5) is 26.1. The first-order valence-electron chi connectivity index (χ1n) is 11.7. The van der Waals surface area contributed by atoms with E-state index >= 15 is 0 Å². The zero-order valence-corrected chi connectivity index (χ0v) is 18.7. The normalized spacial score (nSPS) is 17.9. The van der Waals surface area contributed by atoms with Crippen LogP contribution in [-0.2, 0) is 20.7 Å². The van der Waals surface area contributed by atoms with Gasteiger partial charge in [0.25, 0.3) is 0 Å². The van der Waals surface area contributed by atoms with Crippen LogP contribution in [0.5, 0.6) is 0 Å². The monoisotopic (exact) mass is 417 g/mol. The van der Waals surface area contributed by atoms with Crippen molar-refractivity contribution in [2.24, 2.45) is 0 Å². The predicted octanol–water partition coefficient (Wildman–Crippen LogP) is 4.65. The van der Waals surface area contributed by atoms with Crippen LogP contribution in [0.1, 0.15) is 83.6 Å². The lowest BCUT2D eigenvalue weighted by Gasteiger charge is -2.36. The molecule has 1 aromatic rings. The van der Waals surface area contributed by atoms with Crippen molar-refractivity contribution in [3.63, 3.8) is 0 Å². The van der Waals surface area contributed by atoms with Gasteiger partial charge in [0.15, 0.2) is 0 Å². The number of hydrogen-bond donors (Lipinski definition) is 1. The van der Waals surface area contributed by atoms with Crippen molar-refractivity contribution in [3.8, 4) is 0 Å². The van der Waals surface area contributed by atoms with Gasteiger partial charge in [-0.15, -0.1) is 0 Å². The third-order valence-corrected chi connectivity index (χ3v) is 5.73. The summed E-state index contributed by atoms with van der Waals surface area (Å²) in [7, 11) is 0. The number of esters is 1. The maximum atomic E-state index is 12.5. The Morgan fingerprint density at radius 3 is 2.63 bits per heavy atom. The van der Waals surface area contributed by atoms with Gasteiger partial charge in [-0.1, -0.05) is 43.2 Å². The topological polar surface area (TPSA) is 66.8 Å². The number of benzene rings is 1. The Labute approximate surface area is 181 Å². The minimum Gasteiger partial charge on any atom is -0.463 e. The van der Waals surface area contributed by atoms with Crippen LogP contribution in [0.2, 0.25) is 0 Å². The van der Waals surface area contributed by atoms with E-state index in [1.165, 1.54) is 0 Å². The van der Waals surface area contributed by atoms with Crippen LogP contribution in [0.3, 0.4) is 0 Å². The second-order valence-electron chi connectivity index (χ2n) is 8.76. The number of rotatable bonds is 13. The molecule has 0 bridgehead atoms. The van der Waals surface area contributed by atoms with Gasteiger partial charge in [0, 0.05) is 25.4 Å². The van der Waals surface area contributed by atoms with E-state index in [1.807, 2.05) is 49.1 Å². The highest BCUT2D eigenvalue weighted by atomic mass is 16.5. The van der Waals surface area contributed by atoms with Crippen LogP contribution in [0.4, 0.5) is 0 Å². The highest BCUT2D eigenvalue weighted by Gasteiger charge is 2.27. The first-order chi connectivity index (χ1) is 14.5. The van der Waals surface area contributed by atoms with Gasteiger partial charge in [0.2, 0.25) is 5.91 Å². The molecule has 30 heavy (non-hydrogen) atoms. The van der Waals surface area contributed by atoms with Crippen LogP contribution in [0, 0.1) is 0 Å². The fraction of sp³-hybridized carbons (Fsp3) is 0.680. The molecule has 0 aromatic heterocycles. The fourth-order valence-corrected chi connectivity index (χ4v) is 4.20. The number of carbonyl (C=O) groups is 2. The highest BCUT2D eigenvalue weighted by molar-refractivity contribution is 5.77. The summed E-state index contributed by atoms with van der Waals surface area (Å²) in [6.07, 6.45) is 8.75. The summed E-state index contributed by atoms with van der Waals surface area (Å²) >= 11 is 0. The fourth-order valence-electron chi connectivity index (χ4n) is 4.20. The third kappa shape index (κ3) is 9.29. The summed E-state index contributed by atoms with van der Waals surface area (Å²) in [5.41, 5.74) is 1.15. The molecule has 1 fully saturated rings. The van der Waals surface area contributed by atoms with Gasteiger partial charge in [0.05, 0.1) is 12.2 Å². The number of likely N-dealkylation sites (tertiary alicyclic amines) is 1. The molecule has 5 nitrogen and oxygen atoms in total. The Kier molecular flexibility index (Phi) is 10.9. The Bertz CT molecular complexity index is 631. The molecule has 5 heteroatoms. The van der Waals surface area contributed by atoms with Crippen molar-refractivity contribution in [1.29, 1.82) is 0 Å². The van der Waals surface area contributed by atoms with Crippen LogP contribution in [-0.4, -0.2) is 46.7 Å². The van der Waals surface area contributed by atoms with Crippen molar-refractivity contribution in [3.05, 3.63) is 35.9 Å². The molecule has 1 aromatic carbocycles. The molecule has 2 rings (SSSR count). The molecular weight excluding hydrogens is 378 g/mol. The number of carbonyl (C=O) groups excluding carboxylic acids is 2. The molecule has 1 saturated heterocycles. The molecule has 0 aliphatic carbocycles. The Balaban J connectivity index is 1.67. The Morgan fingerprint density at radius 1 is 1.17 bits per heavy atom. The molecule has 1 N–H and O–H groups in total. The molecule has 0 radical (unpaired) electrons. The van der Waals surface area contributed by atoms with Gasteiger partial charge < -0.3 is 14.7 Å². The van der Waals surface area contributed by atoms with Gasteiger partial charge in [-0.2, -0.15) is 0 Å². The molecule has 2 atom stereocenters. The molecule has 0 unspecified atom stereocenters. The summed E-state index contributed by atoms with van der Waals surface area (Å²) < 4.78 is 5.15. The van der Waals surface area contributed by atoms with E-state index in [1.54, 1.807) is 0 Å². The number of hydrogen-bond acceptors (Lipinski definition) is 4. The summed E-state index contributed by atoms with van der Waals surface area (Å²) in [5.74, 6) is 0.134. The lowest BCUT2D eigenvalue weighted by atomic mass is 9.94. The van der Waals surface area contributed by atoms with Gasteiger partial charge in [-0.3, -0.25) is 9.59 Å². The quantitative estimate of drug-likeness (QED) is 0.375. The number of piperidine rings is 1. The lowest BCUT2D eigenvalue weighted by molar-refractivity contribution is -0.147. The van der Waals surface area contributed by atoms with Gasteiger partial charge in [-0.05, 0) is 64.4 Å². The maximum Gasteiger partial charge on any atom is 0.306 e. The summed E-state index contributed by atoms with van der Waals surface area (Å²) in [6, 6.07) is 10.3. The van der Waals surface area contributed by atoms with Gasteiger partial charge in [0.1, 0.15) is 0 Å². The van der Waals surface area contributed by atoms with Crippen LogP contribution >= 0.6 is 0 Å². The van der Waals surface area contributed by atoms with Crippen LogP contribution < -0.4 is 0 Å². The van der Waals surface area contributed by atoms with E-state index in [0.29, 0.717) is 19.3 Å². The molecule has 0 saturated carbocycles. The molecule has 1 heterocycles. The Hall–Kier alpha value is -1.88. The number of aliphatic hydroxyl groups excluding tert-OH is 1. The first kappa shape index (κ1) is 24.4. The molecule has 168 valence electrons. The summed E-state index contributed by atoms with van der Waals surface area (Å²) in [5, 5.41) is 10.4. The van der Waals surface area contributed by atoms with Gasteiger partial charge in [-0.25, -0.2) is 0 Å². The van der Waals surface area contributed by atoms with E-state index in [2.05, 4.69) is 0 Å². The van der Waals surface area contributed by atoms with Crippen LogP contribution in [0.15, 0.2) is 30.3 Å². The number of aliphatic hydroxyl groups is 1. The average Bonchev–Trinajstić information content (AvgIpc) is 2.70. The van der Waals surface area contributed by atoms with E-state index in [4.69, 9.17) is 4.74 Å². The minimum absolute atomic E-state index is 0.0502. The van der Waals surface area contributed by atoms with Crippen molar-refractivity contribution in [1.82, 2.24) is 4.90 Å². The molecular formula is C25H39NO4. The van der Waals surface area contributed by atoms with Crippen molar-refractivity contribution in [2.75, 3.05) is 6.54 Å². The van der Waals surface area contributed by atoms with Crippen molar-refractivity contribution >= 4 is 11.9 Å². The molecule has 0 spiro atoms. The second-order valence-corrected chi connectivity index (χ2v) is 8.76. The number of ether oxygens (including phenoxy) is 1. The average molecular weight is 418 g/mol. The molecule has 1 aliphatic rings. The molecule has 1 amide bonds.